The number of likely N-dealkylation sites (N-methyl/N-ethyl adjacent to an activating group) is 1. The van der Waals surface area contributed by atoms with E-state index in [1.165, 1.54) is 25.7 Å². The lowest BCUT2D eigenvalue weighted by Crippen LogP contribution is -2.57. The van der Waals surface area contributed by atoms with Crippen molar-refractivity contribution >= 4 is 12.1 Å². The molecule has 0 N–H and O–H groups in total. The van der Waals surface area contributed by atoms with Crippen molar-refractivity contribution in [3.8, 4) is 0 Å². The molecule has 4 heterocycles. The third-order valence-electron chi connectivity index (χ3n) is 8.95. The summed E-state index contributed by atoms with van der Waals surface area (Å²) in [4.78, 5) is 33.8. The van der Waals surface area contributed by atoms with E-state index in [4.69, 9.17) is 9.47 Å². The van der Waals surface area contributed by atoms with Crippen LogP contribution < -0.4 is 0 Å². The molecular formula is C24H40N4O4. The van der Waals surface area contributed by atoms with Gasteiger partial charge >= 0.3 is 12.1 Å². The van der Waals surface area contributed by atoms with Gasteiger partial charge in [0.05, 0.1) is 25.9 Å². The molecule has 8 heteroatoms. The summed E-state index contributed by atoms with van der Waals surface area (Å²) in [6, 6.07) is 1.54. The van der Waals surface area contributed by atoms with E-state index in [0.717, 1.165) is 52.0 Å². The Labute approximate surface area is 192 Å². The zero-order chi connectivity index (χ0) is 22.3. The van der Waals surface area contributed by atoms with Crippen molar-refractivity contribution in [2.24, 2.45) is 11.3 Å². The molecule has 1 atom stereocenters. The summed E-state index contributed by atoms with van der Waals surface area (Å²) in [5.74, 6) is 0.628. The van der Waals surface area contributed by atoms with Gasteiger partial charge < -0.3 is 29.1 Å². The number of ether oxygens (including phenoxy) is 2. The molecule has 1 saturated carbocycles. The van der Waals surface area contributed by atoms with Crippen LogP contribution in [0.4, 0.5) is 9.59 Å². The number of nitrogens with zero attached hydrogens (tertiary/aromatic N) is 4. The second-order valence-electron chi connectivity index (χ2n) is 10.8. The highest BCUT2D eigenvalue weighted by Gasteiger charge is 2.52. The molecule has 4 aliphatic heterocycles. The largest absolute Gasteiger partial charge is 0.450 e. The number of rotatable bonds is 4. The molecule has 1 spiro atoms. The number of hydrogen-bond donors (Lipinski definition) is 0. The van der Waals surface area contributed by atoms with Crippen molar-refractivity contribution in [1.82, 2.24) is 19.6 Å². The third-order valence-corrected chi connectivity index (χ3v) is 8.95. The number of piperidine rings is 1. The molecule has 4 saturated heterocycles. The average Bonchev–Trinajstić information content (AvgIpc) is 3.39. The second-order valence-corrected chi connectivity index (χ2v) is 10.8. The summed E-state index contributed by atoms with van der Waals surface area (Å²) < 4.78 is 10.5. The Bertz CT molecular complexity index is 700. The number of carbonyl (C=O) groups is 2. The van der Waals surface area contributed by atoms with E-state index in [1.807, 2.05) is 23.8 Å². The number of hydrogen-bond acceptors (Lipinski definition) is 5. The van der Waals surface area contributed by atoms with Crippen LogP contribution in [0.5, 0.6) is 0 Å². The minimum Gasteiger partial charge on any atom is -0.450 e. The Hall–Kier alpha value is -1.54. The monoisotopic (exact) mass is 448 g/mol. The molecule has 32 heavy (non-hydrogen) atoms. The molecule has 5 rings (SSSR count). The molecule has 0 bridgehead atoms. The van der Waals surface area contributed by atoms with Crippen molar-refractivity contribution in [2.75, 3.05) is 59.6 Å². The van der Waals surface area contributed by atoms with Gasteiger partial charge in [-0.25, -0.2) is 9.59 Å². The standard InChI is InChI=1S/C24H40N4O4/c1-3-32-23(30)27-12-8-24(17-27)13-19(14-24)26-10-6-18(7-11-26)21-5-4-9-28(21)22(29)25(2)20-15-31-16-20/h18-21H,3-17H2,1-2H3. The van der Waals surface area contributed by atoms with Gasteiger partial charge in [-0.2, -0.15) is 0 Å². The van der Waals surface area contributed by atoms with Crippen molar-refractivity contribution in [1.29, 1.82) is 0 Å². The zero-order valence-electron chi connectivity index (χ0n) is 19.8. The third kappa shape index (κ3) is 4.09. The Balaban J connectivity index is 1.08. The highest BCUT2D eigenvalue weighted by atomic mass is 16.6. The summed E-state index contributed by atoms with van der Waals surface area (Å²) in [5.41, 5.74) is 0.332. The maximum atomic E-state index is 13.1. The molecule has 8 nitrogen and oxygen atoms in total. The summed E-state index contributed by atoms with van der Waals surface area (Å²) >= 11 is 0. The predicted molar refractivity (Wildman–Crippen MR) is 120 cm³/mol. The molecule has 3 amide bonds. The maximum absolute atomic E-state index is 13.1. The minimum absolute atomic E-state index is 0.139. The molecule has 5 fully saturated rings. The molecule has 180 valence electrons. The first-order valence-electron chi connectivity index (χ1n) is 12.8. The van der Waals surface area contributed by atoms with E-state index in [2.05, 4.69) is 9.80 Å². The fourth-order valence-electron chi connectivity index (χ4n) is 6.83. The van der Waals surface area contributed by atoms with Crippen LogP contribution in [0.1, 0.15) is 51.9 Å². The molecular weight excluding hydrogens is 408 g/mol. The van der Waals surface area contributed by atoms with Gasteiger partial charge in [0.25, 0.3) is 0 Å². The smallest absolute Gasteiger partial charge is 0.409 e. The van der Waals surface area contributed by atoms with E-state index in [0.29, 0.717) is 43.2 Å². The zero-order valence-corrected chi connectivity index (χ0v) is 19.8. The van der Waals surface area contributed by atoms with Crippen LogP contribution in [0.15, 0.2) is 0 Å². The number of likely N-dealkylation sites (tertiary alicyclic amines) is 3. The molecule has 1 aliphatic carbocycles. The van der Waals surface area contributed by atoms with Crippen molar-refractivity contribution in [3.63, 3.8) is 0 Å². The number of urea groups is 1. The SMILES string of the molecule is CCOC(=O)N1CCC2(CC(N3CCC(C4CCCN4C(=O)N(C)C4COC4)CC3)C2)C1. The molecule has 0 aromatic rings. The van der Waals surface area contributed by atoms with Gasteiger partial charge in [-0.15, -0.1) is 0 Å². The van der Waals surface area contributed by atoms with Crippen molar-refractivity contribution < 1.29 is 19.1 Å². The molecule has 5 aliphatic rings. The predicted octanol–water partition coefficient (Wildman–Crippen LogP) is 2.62. The van der Waals surface area contributed by atoms with Crippen LogP contribution in [0.25, 0.3) is 0 Å². The van der Waals surface area contributed by atoms with E-state index in [1.54, 1.807) is 0 Å². The van der Waals surface area contributed by atoms with Crippen LogP contribution in [0, 0.1) is 11.3 Å². The average molecular weight is 449 g/mol. The normalized spacial score (nSPS) is 33.9. The first-order chi connectivity index (χ1) is 15.5. The fraction of sp³-hybridized carbons (Fsp3) is 0.917. The lowest BCUT2D eigenvalue weighted by Gasteiger charge is -2.52. The van der Waals surface area contributed by atoms with Gasteiger partial charge in [0.1, 0.15) is 0 Å². The van der Waals surface area contributed by atoms with Crippen LogP contribution >= 0.6 is 0 Å². The van der Waals surface area contributed by atoms with Crippen LogP contribution in [0.2, 0.25) is 0 Å². The Morgan fingerprint density at radius 3 is 2.50 bits per heavy atom. The van der Waals surface area contributed by atoms with Crippen LogP contribution in [0.3, 0.4) is 0 Å². The Morgan fingerprint density at radius 2 is 1.84 bits per heavy atom. The van der Waals surface area contributed by atoms with Crippen LogP contribution in [-0.2, 0) is 9.47 Å². The summed E-state index contributed by atoms with van der Waals surface area (Å²) in [5, 5.41) is 0. The second kappa shape index (κ2) is 9.01. The topological polar surface area (TPSA) is 65.6 Å². The van der Waals surface area contributed by atoms with Gasteiger partial charge in [0.2, 0.25) is 0 Å². The lowest BCUT2D eigenvalue weighted by atomic mass is 9.64. The van der Waals surface area contributed by atoms with Crippen molar-refractivity contribution in [3.05, 3.63) is 0 Å². The van der Waals surface area contributed by atoms with E-state index in [9.17, 15) is 9.59 Å². The van der Waals surface area contributed by atoms with E-state index in [-0.39, 0.29) is 18.2 Å². The van der Waals surface area contributed by atoms with Gasteiger partial charge in [-0.1, -0.05) is 0 Å². The highest BCUT2D eigenvalue weighted by molar-refractivity contribution is 5.75. The molecule has 0 aromatic carbocycles. The number of carbonyl (C=O) groups excluding carboxylic acids is 2. The first kappa shape index (κ1) is 22.3. The number of amides is 3. The van der Waals surface area contributed by atoms with Gasteiger partial charge in [-0.3, -0.25) is 0 Å². The van der Waals surface area contributed by atoms with Gasteiger partial charge in [0, 0.05) is 38.8 Å². The van der Waals surface area contributed by atoms with Crippen molar-refractivity contribution in [2.45, 2.75) is 70.0 Å². The Kier molecular flexibility index (Phi) is 6.27. The quantitative estimate of drug-likeness (QED) is 0.662. The summed E-state index contributed by atoms with van der Waals surface area (Å²) in [7, 11) is 1.94. The van der Waals surface area contributed by atoms with Crippen LogP contribution in [-0.4, -0.2) is 109 Å². The molecule has 0 aromatic heterocycles. The highest BCUT2D eigenvalue weighted by Crippen LogP contribution is 2.51. The van der Waals surface area contributed by atoms with Gasteiger partial charge in [0.15, 0.2) is 0 Å². The Morgan fingerprint density at radius 1 is 1.09 bits per heavy atom. The summed E-state index contributed by atoms with van der Waals surface area (Å²) in [6.07, 6.45) is 8.10. The summed E-state index contributed by atoms with van der Waals surface area (Å²) in [6.45, 7) is 8.61. The first-order valence-corrected chi connectivity index (χ1v) is 12.8. The lowest BCUT2D eigenvalue weighted by molar-refractivity contribution is -0.0481. The fourth-order valence-corrected chi connectivity index (χ4v) is 6.83. The maximum Gasteiger partial charge on any atom is 0.409 e. The minimum atomic E-state index is -0.139. The molecule has 1 unspecified atom stereocenters. The van der Waals surface area contributed by atoms with E-state index >= 15 is 0 Å². The van der Waals surface area contributed by atoms with E-state index < -0.39 is 0 Å². The molecule has 0 radical (unpaired) electrons. The van der Waals surface area contributed by atoms with Gasteiger partial charge in [-0.05, 0) is 76.3 Å².